The molecule has 3 saturated carbocycles. The van der Waals surface area contributed by atoms with Crippen LogP contribution in [0.3, 0.4) is 0 Å². The van der Waals surface area contributed by atoms with Crippen LogP contribution in [0.1, 0.15) is 77.8 Å². The van der Waals surface area contributed by atoms with E-state index in [2.05, 4.69) is 40.4 Å². The van der Waals surface area contributed by atoms with E-state index in [1.165, 1.54) is 38.3 Å². The highest BCUT2D eigenvalue weighted by molar-refractivity contribution is 5.96. The largest absolute Gasteiger partial charge is 0.467 e. The lowest BCUT2D eigenvalue weighted by molar-refractivity contribution is -0.145. The van der Waals surface area contributed by atoms with Crippen molar-refractivity contribution >= 4 is 23.4 Å². The van der Waals surface area contributed by atoms with Crippen LogP contribution in [0.25, 0.3) is 0 Å². The highest BCUT2D eigenvalue weighted by atomic mass is 16.6. The zero-order chi connectivity index (χ0) is 27.8. The van der Waals surface area contributed by atoms with E-state index in [4.69, 9.17) is 9.57 Å². The number of hydrogen-bond acceptors (Lipinski definition) is 7. The Morgan fingerprint density at radius 2 is 1.97 bits per heavy atom. The quantitative estimate of drug-likeness (QED) is 0.379. The highest BCUT2D eigenvalue weighted by Gasteiger charge is 2.59. The van der Waals surface area contributed by atoms with Crippen molar-refractivity contribution in [2.75, 3.05) is 13.7 Å². The van der Waals surface area contributed by atoms with Crippen LogP contribution in [0.5, 0.6) is 0 Å². The maximum Gasteiger partial charge on any atom is 0.328 e. The predicted octanol–water partition coefficient (Wildman–Crippen LogP) is 4.15. The fraction of sp³-hybridized carbons (Fsp3) is 0.700. The van der Waals surface area contributed by atoms with Crippen LogP contribution in [-0.2, 0) is 30.4 Å². The fourth-order valence-corrected chi connectivity index (χ4v) is 8.67. The number of fused-ring (bicyclic) bond motifs is 5. The van der Waals surface area contributed by atoms with Crippen LogP contribution in [0.2, 0.25) is 0 Å². The summed E-state index contributed by atoms with van der Waals surface area (Å²) in [4.78, 5) is 49.3. The predicted molar refractivity (Wildman–Crippen MR) is 145 cm³/mol. The van der Waals surface area contributed by atoms with Crippen LogP contribution >= 0.6 is 0 Å². The summed E-state index contributed by atoms with van der Waals surface area (Å²) in [6, 6.07) is -0.838. The summed E-state index contributed by atoms with van der Waals surface area (Å²) in [5.41, 5.74) is 3.37. The van der Waals surface area contributed by atoms with Gasteiger partial charge in [0.05, 0.1) is 19.1 Å². The van der Waals surface area contributed by atoms with Crippen LogP contribution in [-0.4, -0.2) is 53.1 Å². The number of ether oxygens (including phenoxy) is 1. The lowest BCUT2D eigenvalue weighted by Crippen LogP contribution is -2.51. The number of oxime groups is 1. The zero-order valence-electron chi connectivity index (χ0n) is 23.6. The normalized spacial score (nSPS) is 35.2. The number of methoxy groups -OCH3 is 1. The van der Waals surface area contributed by atoms with E-state index in [-0.39, 0.29) is 29.8 Å². The van der Waals surface area contributed by atoms with Crippen LogP contribution in [0.15, 0.2) is 29.3 Å². The molecular weight excluding hydrogens is 496 g/mol. The number of allylic oxidation sites excluding steroid dienone is 2. The molecule has 0 aliphatic heterocycles. The molecule has 0 aromatic carbocycles. The number of nitrogens with zero attached hydrogens (tertiary/aromatic N) is 2. The monoisotopic (exact) mass is 538 g/mol. The molecule has 4 aliphatic rings. The van der Waals surface area contributed by atoms with Crippen LogP contribution < -0.4 is 5.32 Å². The van der Waals surface area contributed by atoms with Gasteiger partial charge in [-0.3, -0.25) is 9.59 Å². The number of carbonyl (C=O) groups is 3. The Kier molecular flexibility index (Phi) is 7.71. The number of nitrogens with one attached hydrogen (secondary N) is 2. The summed E-state index contributed by atoms with van der Waals surface area (Å²) in [7, 11) is 1.29. The molecule has 1 aromatic rings. The van der Waals surface area contributed by atoms with Gasteiger partial charge in [0.2, 0.25) is 0 Å². The van der Waals surface area contributed by atoms with Gasteiger partial charge in [0.1, 0.15) is 11.8 Å². The summed E-state index contributed by atoms with van der Waals surface area (Å²) in [5.74, 6) is 1.65. The SMILES string of the molecule is COC(=O)C(Cc1cnc[nH]1)NC(=O)CON=C1C=C2CCC3C(CCC4(C)C(C(C)=O)CCC34)C2(C)CC1. The van der Waals surface area contributed by atoms with E-state index < -0.39 is 17.9 Å². The molecule has 5 rings (SSSR count). The molecule has 2 N–H and O–H groups in total. The minimum absolute atomic E-state index is 0.162. The summed E-state index contributed by atoms with van der Waals surface area (Å²) < 4.78 is 4.82. The molecule has 4 aliphatic carbocycles. The van der Waals surface area contributed by atoms with Crippen molar-refractivity contribution in [3.63, 3.8) is 0 Å². The number of ketones is 1. The summed E-state index contributed by atoms with van der Waals surface area (Å²) in [5, 5.41) is 6.97. The number of aromatic amines is 1. The summed E-state index contributed by atoms with van der Waals surface area (Å²) in [6.07, 6.45) is 14.2. The van der Waals surface area contributed by atoms with E-state index in [0.29, 0.717) is 29.2 Å². The molecule has 0 saturated heterocycles. The Hall–Kier alpha value is -2.97. The molecule has 0 radical (unpaired) electrons. The molecule has 39 heavy (non-hydrogen) atoms. The molecule has 7 atom stereocenters. The van der Waals surface area contributed by atoms with Crippen LogP contribution in [0, 0.1) is 34.5 Å². The van der Waals surface area contributed by atoms with E-state index in [9.17, 15) is 14.4 Å². The molecule has 0 bridgehead atoms. The minimum Gasteiger partial charge on any atom is -0.467 e. The number of carbonyl (C=O) groups excluding carboxylic acids is 3. The average molecular weight is 539 g/mol. The van der Waals surface area contributed by atoms with Gasteiger partial charge in [0, 0.05) is 24.2 Å². The Labute approximate surface area is 230 Å². The van der Waals surface area contributed by atoms with Gasteiger partial charge in [0.15, 0.2) is 6.61 Å². The third-order valence-corrected chi connectivity index (χ3v) is 10.6. The molecular formula is C30H42N4O5. The number of esters is 1. The van der Waals surface area contributed by atoms with Crippen LogP contribution in [0.4, 0.5) is 0 Å². The van der Waals surface area contributed by atoms with Gasteiger partial charge >= 0.3 is 5.97 Å². The Morgan fingerprint density at radius 1 is 1.15 bits per heavy atom. The molecule has 3 fully saturated rings. The standard InChI is InChI=1S/C30H42N4O5/c1-18(35)23-7-8-24-22-6-5-19-13-20(9-11-29(19,2)25(22)10-12-30(23,24)3)34-39-16-27(36)33-26(28(37)38-4)14-21-15-31-17-32-21/h13,15,17,22-26H,5-12,14,16H2,1-4H3,(H,31,32)(H,33,36). The van der Waals surface area contributed by atoms with E-state index in [1.54, 1.807) is 13.1 Å². The number of hydrogen-bond donors (Lipinski definition) is 2. The van der Waals surface area contributed by atoms with Crippen molar-refractivity contribution in [3.05, 3.63) is 29.9 Å². The molecule has 1 aromatic heterocycles. The van der Waals surface area contributed by atoms with E-state index in [1.807, 2.05) is 0 Å². The molecule has 7 unspecified atom stereocenters. The summed E-state index contributed by atoms with van der Waals surface area (Å²) >= 11 is 0. The van der Waals surface area contributed by atoms with Gasteiger partial charge in [-0.25, -0.2) is 9.78 Å². The number of H-pyrrole nitrogens is 1. The molecule has 9 nitrogen and oxygen atoms in total. The van der Waals surface area contributed by atoms with Crippen molar-refractivity contribution in [1.82, 2.24) is 15.3 Å². The molecule has 1 heterocycles. The van der Waals surface area contributed by atoms with Crippen molar-refractivity contribution in [2.24, 2.45) is 39.7 Å². The first kappa shape index (κ1) is 27.6. The second-order valence-electron chi connectivity index (χ2n) is 12.6. The maximum absolute atomic E-state index is 12.5. The first-order chi connectivity index (χ1) is 18.7. The number of aromatic nitrogens is 2. The van der Waals surface area contributed by atoms with Gasteiger partial charge in [-0.1, -0.05) is 24.6 Å². The minimum atomic E-state index is -0.838. The molecule has 212 valence electrons. The van der Waals surface area contributed by atoms with Gasteiger partial charge in [-0.15, -0.1) is 0 Å². The van der Waals surface area contributed by atoms with Gasteiger partial charge < -0.3 is 19.9 Å². The average Bonchev–Trinajstić information content (AvgIpc) is 3.55. The highest BCUT2D eigenvalue weighted by Crippen LogP contribution is 2.66. The lowest BCUT2D eigenvalue weighted by Gasteiger charge is -2.58. The Morgan fingerprint density at radius 3 is 2.69 bits per heavy atom. The van der Waals surface area contributed by atoms with Crippen molar-refractivity contribution in [2.45, 2.75) is 84.6 Å². The van der Waals surface area contributed by atoms with Gasteiger partial charge in [-0.05, 0) is 93.0 Å². The third-order valence-electron chi connectivity index (χ3n) is 10.6. The second kappa shape index (κ2) is 10.9. The first-order valence-electron chi connectivity index (χ1n) is 14.4. The lowest BCUT2D eigenvalue weighted by atomic mass is 9.46. The van der Waals surface area contributed by atoms with Gasteiger partial charge in [0.25, 0.3) is 5.91 Å². The molecule has 0 spiro atoms. The number of imidazole rings is 1. The smallest absolute Gasteiger partial charge is 0.328 e. The van der Waals surface area contributed by atoms with Gasteiger partial charge in [-0.2, -0.15) is 0 Å². The molecule has 1 amide bonds. The number of Topliss-reactive ketones (excluding diaryl/α,β-unsaturated/α-hetero) is 1. The summed E-state index contributed by atoms with van der Waals surface area (Å²) in [6.45, 7) is 6.35. The first-order valence-corrected chi connectivity index (χ1v) is 14.4. The Balaban J connectivity index is 1.19. The fourth-order valence-electron chi connectivity index (χ4n) is 8.67. The topological polar surface area (TPSA) is 123 Å². The van der Waals surface area contributed by atoms with Crippen molar-refractivity contribution < 1.29 is 24.0 Å². The van der Waals surface area contributed by atoms with E-state index >= 15 is 0 Å². The van der Waals surface area contributed by atoms with Crippen molar-refractivity contribution in [1.29, 1.82) is 0 Å². The van der Waals surface area contributed by atoms with E-state index in [0.717, 1.165) is 37.8 Å². The molecule has 9 heteroatoms. The zero-order valence-corrected chi connectivity index (χ0v) is 23.6. The van der Waals surface area contributed by atoms with Crippen molar-refractivity contribution in [3.8, 4) is 0 Å². The second-order valence-corrected chi connectivity index (χ2v) is 12.6. The number of rotatable bonds is 8. The Bertz CT molecular complexity index is 1160. The number of amides is 1. The maximum atomic E-state index is 12.5. The third kappa shape index (κ3) is 5.16.